The molecular formula is C21H20N4O3S. The average Bonchev–Trinajstić information content (AvgIpc) is 3.14. The molecule has 2 amide bonds. The van der Waals surface area contributed by atoms with E-state index in [-0.39, 0.29) is 5.91 Å². The summed E-state index contributed by atoms with van der Waals surface area (Å²) in [6.45, 7) is 2.31. The van der Waals surface area contributed by atoms with Crippen molar-refractivity contribution in [2.75, 3.05) is 17.6 Å². The first-order valence-corrected chi connectivity index (χ1v) is 9.97. The number of hydrogen-bond donors (Lipinski definition) is 3. The van der Waals surface area contributed by atoms with E-state index in [1.54, 1.807) is 24.3 Å². The second kappa shape index (κ2) is 7.56. The van der Waals surface area contributed by atoms with Crippen LogP contribution in [0.5, 0.6) is 0 Å². The molecule has 8 heteroatoms. The molecule has 2 aromatic carbocycles. The number of aromatic nitrogens is 1. The molecule has 29 heavy (non-hydrogen) atoms. The minimum Gasteiger partial charge on any atom is -0.465 e. The highest BCUT2D eigenvalue weighted by molar-refractivity contribution is 7.14. The minimum atomic E-state index is -0.988. The predicted molar refractivity (Wildman–Crippen MR) is 112 cm³/mol. The quantitative estimate of drug-likeness (QED) is 0.569. The third-order valence-corrected chi connectivity index (χ3v) is 6.07. The van der Waals surface area contributed by atoms with Crippen molar-refractivity contribution in [2.24, 2.45) is 0 Å². The molecule has 1 unspecified atom stereocenters. The molecule has 0 radical (unpaired) electrons. The van der Waals surface area contributed by atoms with Crippen molar-refractivity contribution < 1.29 is 14.7 Å². The second-order valence-electron chi connectivity index (χ2n) is 6.91. The highest BCUT2D eigenvalue weighted by atomic mass is 32.1. The van der Waals surface area contributed by atoms with E-state index in [2.05, 4.69) is 10.3 Å². The summed E-state index contributed by atoms with van der Waals surface area (Å²) in [5, 5.41) is 12.8. The maximum Gasteiger partial charge on any atom is 0.408 e. The smallest absolute Gasteiger partial charge is 0.408 e. The SMILES string of the molecule is Cc1ccc(C2c3sc(C(=O)Nc4ccccc4N)nc3CCN2C(=O)O)cc1. The van der Waals surface area contributed by atoms with Gasteiger partial charge >= 0.3 is 6.09 Å². The normalized spacial score (nSPS) is 15.6. The molecular weight excluding hydrogens is 388 g/mol. The van der Waals surface area contributed by atoms with Gasteiger partial charge in [-0.2, -0.15) is 0 Å². The van der Waals surface area contributed by atoms with Gasteiger partial charge in [-0.15, -0.1) is 11.3 Å². The Labute approximate surface area is 171 Å². The first-order valence-electron chi connectivity index (χ1n) is 9.15. The van der Waals surface area contributed by atoms with E-state index in [1.165, 1.54) is 16.2 Å². The molecule has 148 valence electrons. The standard InChI is InChI=1S/C21H20N4O3S/c1-12-6-8-13(9-7-12)17-18-16(10-11-25(17)21(27)28)24-20(29-18)19(26)23-15-5-3-2-4-14(15)22/h2-9,17H,10-11,22H2,1H3,(H,23,26)(H,27,28). The van der Waals surface area contributed by atoms with Gasteiger partial charge in [-0.05, 0) is 24.6 Å². The second-order valence-corrected chi connectivity index (χ2v) is 7.94. The Morgan fingerprint density at radius 1 is 1.21 bits per heavy atom. The van der Waals surface area contributed by atoms with Gasteiger partial charge in [0, 0.05) is 13.0 Å². The first-order chi connectivity index (χ1) is 13.9. The summed E-state index contributed by atoms with van der Waals surface area (Å²) in [6.07, 6.45) is -0.515. The number of nitrogens with two attached hydrogens (primary N) is 1. The van der Waals surface area contributed by atoms with Crippen molar-refractivity contribution in [3.8, 4) is 0 Å². The summed E-state index contributed by atoms with van der Waals surface area (Å²) in [5.74, 6) is -0.355. The molecule has 0 aliphatic carbocycles. The molecule has 1 atom stereocenters. The van der Waals surface area contributed by atoms with Crippen LogP contribution in [0.15, 0.2) is 48.5 Å². The van der Waals surface area contributed by atoms with Gasteiger partial charge in [0.15, 0.2) is 5.01 Å². The van der Waals surface area contributed by atoms with Crippen LogP contribution in [0.1, 0.15) is 37.5 Å². The lowest BCUT2D eigenvalue weighted by Gasteiger charge is -2.33. The number of nitrogens with zero attached hydrogens (tertiary/aromatic N) is 2. The van der Waals surface area contributed by atoms with Crippen molar-refractivity contribution in [3.05, 3.63) is 75.2 Å². The molecule has 0 fully saturated rings. The number of nitrogen functional groups attached to an aromatic ring is 1. The van der Waals surface area contributed by atoms with Crippen molar-refractivity contribution in [3.63, 3.8) is 0 Å². The molecule has 1 aliphatic rings. The van der Waals surface area contributed by atoms with Gasteiger partial charge in [0.2, 0.25) is 0 Å². The molecule has 0 bridgehead atoms. The number of amides is 2. The Morgan fingerprint density at radius 3 is 2.62 bits per heavy atom. The van der Waals surface area contributed by atoms with E-state index in [0.717, 1.165) is 21.7 Å². The van der Waals surface area contributed by atoms with Crippen molar-refractivity contribution >= 4 is 34.7 Å². The zero-order chi connectivity index (χ0) is 20.5. The molecule has 0 saturated carbocycles. The lowest BCUT2D eigenvalue weighted by molar-refractivity contribution is 0.102. The maximum absolute atomic E-state index is 12.7. The van der Waals surface area contributed by atoms with Crippen molar-refractivity contribution in [1.82, 2.24) is 9.88 Å². The molecule has 0 saturated heterocycles. The maximum atomic E-state index is 12.7. The fraction of sp³-hybridized carbons (Fsp3) is 0.190. The number of hydrogen-bond acceptors (Lipinski definition) is 5. The molecule has 4 N–H and O–H groups in total. The van der Waals surface area contributed by atoms with Crippen LogP contribution in [0.3, 0.4) is 0 Å². The Bertz CT molecular complexity index is 1080. The van der Waals surface area contributed by atoms with Crippen LogP contribution in [0, 0.1) is 6.92 Å². The van der Waals surface area contributed by atoms with E-state index in [9.17, 15) is 14.7 Å². The number of nitrogens with one attached hydrogen (secondary N) is 1. The van der Waals surface area contributed by atoms with Gasteiger partial charge in [0.05, 0.1) is 28.0 Å². The van der Waals surface area contributed by atoms with Crippen LogP contribution >= 0.6 is 11.3 Å². The summed E-state index contributed by atoms with van der Waals surface area (Å²) in [6, 6.07) is 14.3. The zero-order valence-electron chi connectivity index (χ0n) is 15.8. The highest BCUT2D eigenvalue weighted by Crippen LogP contribution is 2.39. The fourth-order valence-electron chi connectivity index (χ4n) is 3.42. The van der Waals surface area contributed by atoms with E-state index < -0.39 is 12.1 Å². The van der Waals surface area contributed by atoms with Crippen molar-refractivity contribution in [1.29, 1.82) is 0 Å². The topological polar surface area (TPSA) is 109 Å². The van der Waals surface area contributed by atoms with E-state index in [0.29, 0.717) is 29.3 Å². The van der Waals surface area contributed by atoms with Crippen LogP contribution < -0.4 is 11.1 Å². The number of carboxylic acid groups (broad SMARTS) is 1. The molecule has 0 spiro atoms. The first kappa shape index (κ1) is 18.9. The monoisotopic (exact) mass is 408 g/mol. The van der Waals surface area contributed by atoms with Gasteiger partial charge in [-0.1, -0.05) is 42.0 Å². The molecule has 3 aromatic rings. The predicted octanol–water partition coefficient (Wildman–Crippen LogP) is 3.91. The summed E-state index contributed by atoms with van der Waals surface area (Å²) in [5.41, 5.74) is 9.62. The molecule has 1 aromatic heterocycles. The number of carbonyl (C=O) groups excluding carboxylic acids is 1. The van der Waals surface area contributed by atoms with Crippen LogP contribution in [-0.2, 0) is 6.42 Å². The van der Waals surface area contributed by atoms with Crippen LogP contribution in [0.25, 0.3) is 0 Å². The van der Waals surface area contributed by atoms with Crippen LogP contribution in [-0.4, -0.2) is 33.5 Å². The number of fused-ring (bicyclic) bond motifs is 1. The highest BCUT2D eigenvalue weighted by Gasteiger charge is 2.35. The van der Waals surface area contributed by atoms with E-state index in [4.69, 9.17) is 5.73 Å². The molecule has 4 rings (SSSR count). The molecule has 1 aliphatic heterocycles. The van der Waals surface area contributed by atoms with Gasteiger partial charge in [-0.25, -0.2) is 9.78 Å². The lowest BCUT2D eigenvalue weighted by atomic mass is 9.97. The largest absolute Gasteiger partial charge is 0.465 e. The van der Waals surface area contributed by atoms with Crippen LogP contribution in [0.2, 0.25) is 0 Å². The number of benzene rings is 2. The molecule has 2 heterocycles. The van der Waals surface area contributed by atoms with Gasteiger partial charge in [-0.3, -0.25) is 9.69 Å². The van der Waals surface area contributed by atoms with E-state index >= 15 is 0 Å². The average molecular weight is 408 g/mol. The minimum absolute atomic E-state index is 0.294. The van der Waals surface area contributed by atoms with Gasteiger partial charge in [0.1, 0.15) is 0 Å². The summed E-state index contributed by atoms with van der Waals surface area (Å²) in [4.78, 5) is 31.3. The summed E-state index contributed by atoms with van der Waals surface area (Å²) in [7, 11) is 0. The Hall–Kier alpha value is -3.39. The molecule has 7 nitrogen and oxygen atoms in total. The number of rotatable bonds is 3. The zero-order valence-corrected chi connectivity index (χ0v) is 16.6. The van der Waals surface area contributed by atoms with Crippen molar-refractivity contribution in [2.45, 2.75) is 19.4 Å². The Morgan fingerprint density at radius 2 is 1.93 bits per heavy atom. The number of carbonyl (C=O) groups is 2. The van der Waals surface area contributed by atoms with E-state index in [1.807, 2.05) is 31.2 Å². The number of aryl methyl sites for hydroxylation is 1. The number of para-hydroxylation sites is 2. The van der Waals surface area contributed by atoms with Crippen LogP contribution in [0.4, 0.5) is 16.2 Å². The number of anilines is 2. The van der Waals surface area contributed by atoms with Gasteiger partial charge in [0.25, 0.3) is 5.91 Å². The Balaban J connectivity index is 1.69. The van der Waals surface area contributed by atoms with Gasteiger partial charge < -0.3 is 16.2 Å². The third-order valence-electron chi connectivity index (χ3n) is 4.92. The Kier molecular flexibility index (Phi) is 4.94. The summed E-state index contributed by atoms with van der Waals surface area (Å²) < 4.78 is 0. The number of thiazole rings is 1. The fourth-order valence-corrected chi connectivity index (χ4v) is 4.57. The summed E-state index contributed by atoms with van der Waals surface area (Å²) >= 11 is 1.23. The third kappa shape index (κ3) is 3.66. The lowest BCUT2D eigenvalue weighted by Crippen LogP contribution is -2.39.